The largest absolute Gasteiger partial charge is 0.455 e. The third kappa shape index (κ3) is 3.23. The third-order valence-electron chi connectivity index (χ3n) is 7.66. The van der Waals surface area contributed by atoms with Gasteiger partial charge in [0.05, 0.1) is 5.52 Å². The molecule has 2 aliphatic rings. The summed E-state index contributed by atoms with van der Waals surface area (Å²) in [5.74, 6) is 0. The Balaban J connectivity index is 1.68. The van der Waals surface area contributed by atoms with Crippen LogP contribution in [-0.2, 0) is 19.2 Å². The minimum absolute atomic E-state index is 0.245. The molecule has 0 radical (unpaired) electrons. The number of nitrogens with zero attached hydrogens (tertiary/aromatic N) is 2. The lowest BCUT2D eigenvalue weighted by Crippen LogP contribution is -2.72. The van der Waals surface area contributed by atoms with Gasteiger partial charge in [-0.05, 0) is 55.8 Å². The van der Waals surface area contributed by atoms with E-state index >= 15 is 0 Å². The second kappa shape index (κ2) is 7.33. The second-order valence-corrected chi connectivity index (χ2v) is 20.9. The first-order valence-corrected chi connectivity index (χ1v) is 18.5. The SMILES string of the molecule is C[Si]1(C)O[Si](C)(C)[C@@]2(c3ccccc3)C[C@@H]1CN(S(=O)(=O)c1cccc3cccnc13)C2. The number of fused-ring (bicyclic) bond motifs is 3. The van der Waals surface area contributed by atoms with E-state index in [9.17, 15) is 8.42 Å². The molecule has 1 aromatic heterocycles. The van der Waals surface area contributed by atoms with Gasteiger partial charge in [-0.2, -0.15) is 4.31 Å². The molecule has 5 nitrogen and oxygen atoms in total. The molecule has 2 aromatic carbocycles. The normalized spacial score (nSPS) is 27.3. The van der Waals surface area contributed by atoms with Gasteiger partial charge < -0.3 is 4.12 Å². The number of hydrogen-bond donors (Lipinski definition) is 0. The summed E-state index contributed by atoms with van der Waals surface area (Å²) in [6, 6.07) is 19.6. The van der Waals surface area contributed by atoms with Crippen LogP contribution in [0.1, 0.15) is 12.0 Å². The van der Waals surface area contributed by atoms with Crippen LogP contribution in [0, 0.1) is 0 Å². The van der Waals surface area contributed by atoms with E-state index in [0.29, 0.717) is 23.5 Å². The number of piperidine rings is 1. The smallest absolute Gasteiger partial charge is 0.245 e. The minimum Gasteiger partial charge on any atom is -0.455 e. The molecule has 0 saturated carbocycles. The zero-order chi connectivity index (χ0) is 22.8. The van der Waals surface area contributed by atoms with Crippen LogP contribution in [0.4, 0.5) is 0 Å². The summed E-state index contributed by atoms with van der Waals surface area (Å²) in [5, 5.41) is 0.571. The van der Waals surface area contributed by atoms with Crippen molar-refractivity contribution in [3.63, 3.8) is 0 Å². The average molecular weight is 483 g/mol. The van der Waals surface area contributed by atoms with E-state index in [4.69, 9.17) is 4.12 Å². The lowest BCUT2D eigenvalue weighted by molar-refractivity contribution is 0.226. The van der Waals surface area contributed by atoms with Gasteiger partial charge in [-0.3, -0.25) is 4.98 Å². The zero-order valence-corrected chi connectivity index (χ0v) is 21.9. The van der Waals surface area contributed by atoms with Crippen molar-refractivity contribution in [1.82, 2.24) is 9.29 Å². The van der Waals surface area contributed by atoms with Crippen molar-refractivity contribution in [1.29, 1.82) is 0 Å². The fourth-order valence-electron chi connectivity index (χ4n) is 5.82. The van der Waals surface area contributed by atoms with Gasteiger partial charge in [0.2, 0.25) is 10.0 Å². The molecule has 8 heteroatoms. The fourth-order valence-corrected chi connectivity index (χ4v) is 18.4. The van der Waals surface area contributed by atoms with Crippen molar-refractivity contribution in [3.05, 3.63) is 72.4 Å². The van der Waals surface area contributed by atoms with E-state index in [2.05, 4.69) is 55.4 Å². The van der Waals surface area contributed by atoms with E-state index in [-0.39, 0.29) is 10.6 Å². The second-order valence-electron chi connectivity index (χ2n) is 10.2. The molecular weight excluding hydrogens is 453 g/mol. The van der Waals surface area contributed by atoms with Crippen LogP contribution in [0.15, 0.2) is 71.8 Å². The summed E-state index contributed by atoms with van der Waals surface area (Å²) in [4.78, 5) is 4.74. The van der Waals surface area contributed by atoms with Crippen molar-refractivity contribution in [2.45, 2.75) is 48.1 Å². The quantitative estimate of drug-likeness (QED) is 0.497. The minimum atomic E-state index is -3.72. The number of pyridine rings is 1. The van der Waals surface area contributed by atoms with Gasteiger partial charge in [-0.1, -0.05) is 48.5 Å². The molecule has 0 aliphatic carbocycles. The van der Waals surface area contributed by atoms with Crippen LogP contribution in [0.3, 0.4) is 0 Å². The Hall–Kier alpha value is -1.85. The predicted molar refractivity (Wildman–Crippen MR) is 133 cm³/mol. The predicted octanol–water partition coefficient (Wildman–Crippen LogP) is 4.92. The van der Waals surface area contributed by atoms with Gasteiger partial charge in [0.15, 0.2) is 16.6 Å². The number of benzene rings is 2. The molecule has 0 unspecified atom stereocenters. The Labute approximate surface area is 192 Å². The molecule has 168 valence electrons. The molecule has 2 fully saturated rings. The third-order valence-corrected chi connectivity index (χ3v) is 19.0. The van der Waals surface area contributed by atoms with Gasteiger partial charge in [0, 0.05) is 29.7 Å². The number of sulfonamides is 1. The standard InChI is InChI=1S/C24H30N2O3SSi2/c1-31(2)21-16-24(32(3,4)29-31,20-12-6-5-7-13-20)18-26(17-21)30(27,28)22-14-8-10-19-11-9-15-25-23(19)22/h5-15,21H,16-18H2,1-4H3/t21-,24+/m1/s1. The van der Waals surface area contributed by atoms with E-state index in [0.717, 1.165) is 11.8 Å². The van der Waals surface area contributed by atoms with Gasteiger partial charge in [-0.15, -0.1) is 0 Å². The summed E-state index contributed by atoms with van der Waals surface area (Å²) >= 11 is 0. The molecule has 3 aromatic rings. The summed E-state index contributed by atoms with van der Waals surface area (Å²) < 4.78 is 36.9. The molecule has 2 saturated heterocycles. The van der Waals surface area contributed by atoms with Gasteiger partial charge >= 0.3 is 0 Å². The van der Waals surface area contributed by atoms with Crippen molar-refractivity contribution in [2.24, 2.45) is 0 Å². The Morgan fingerprint density at radius 1 is 1.00 bits per heavy atom. The summed E-state index contributed by atoms with van der Waals surface area (Å²) in [6.07, 6.45) is 2.67. The first-order chi connectivity index (χ1) is 15.1. The number of hydrogen-bond acceptors (Lipinski definition) is 4. The van der Waals surface area contributed by atoms with Crippen molar-refractivity contribution in [3.8, 4) is 0 Å². The first-order valence-electron chi connectivity index (χ1n) is 11.2. The highest BCUT2D eigenvalue weighted by atomic mass is 32.2. The van der Waals surface area contributed by atoms with Gasteiger partial charge in [0.25, 0.3) is 0 Å². The highest BCUT2D eigenvalue weighted by molar-refractivity contribution is 7.89. The molecule has 0 N–H and O–H groups in total. The maximum Gasteiger partial charge on any atom is 0.245 e. The van der Waals surface area contributed by atoms with Crippen LogP contribution in [0.2, 0.25) is 31.7 Å². The average Bonchev–Trinajstić information content (AvgIpc) is 2.77. The monoisotopic (exact) mass is 482 g/mol. The zero-order valence-electron chi connectivity index (χ0n) is 19.1. The lowest BCUT2D eigenvalue weighted by Gasteiger charge is -2.61. The molecule has 3 heterocycles. The molecule has 2 bridgehead atoms. The topological polar surface area (TPSA) is 59.5 Å². The van der Waals surface area contributed by atoms with Crippen molar-refractivity contribution >= 4 is 37.6 Å². The highest BCUT2D eigenvalue weighted by Gasteiger charge is 2.63. The van der Waals surface area contributed by atoms with Crippen LogP contribution in [-0.4, -0.2) is 47.4 Å². The Bertz CT molecular complexity index is 1280. The Kier molecular flexibility index (Phi) is 5.03. The van der Waals surface area contributed by atoms with E-state index in [1.54, 1.807) is 16.6 Å². The number of para-hydroxylation sites is 1. The van der Waals surface area contributed by atoms with Gasteiger partial charge in [-0.25, -0.2) is 8.42 Å². The van der Waals surface area contributed by atoms with Crippen LogP contribution < -0.4 is 0 Å². The van der Waals surface area contributed by atoms with Crippen molar-refractivity contribution < 1.29 is 12.5 Å². The summed E-state index contributed by atoms with van der Waals surface area (Å²) in [7, 11) is -8.05. The summed E-state index contributed by atoms with van der Waals surface area (Å²) in [6.45, 7) is 10.1. The number of rotatable bonds is 3. The number of aromatic nitrogens is 1. The van der Waals surface area contributed by atoms with Crippen LogP contribution >= 0.6 is 0 Å². The molecular formula is C24H30N2O3SSi2. The molecule has 2 atom stereocenters. The fraction of sp³-hybridized carbons (Fsp3) is 0.375. The molecule has 0 amide bonds. The maximum atomic E-state index is 14.1. The van der Waals surface area contributed by atoms with Gasteiger partial charge in [0.1, 0.15) is 4.90 Å². The molecule has 2 aliphatic heterocycles. The summed E-state index contributed by atoms with van der Waals surface area (Å²) in [5.41, 5.74) is 2.00. The maximum absolute atomic E-state index is 14.1. The lowest BCUT2D eigenvalue weighted by atomic mass is 9.89. The molecule has 0 spiro atoms. The first kappa shape index (κ1) is 22.0. The van der Waals surface area contributed by atoms with Crippen LogP contribution in [0.25, 0.3) is 10.9 Å². The van der Waals surface area contributed by atoms with E-state index < -0.39 is 26.7 Å². The molecule has 5 rings (SSSR count). The van der Waals surface area contributed by atoms with E-state index in [1.165, 1.54) is 5.56 Å². The van der Waals surface area contributed by atoms with Crippen molar-refractivity contribution in [2.75, 3.05) is 13.1 Å². The van der Waals surface area contributed by atoms with Crippen LogP contribution in [0.5, 0.6) is 0 Å². The molecule has 32 heavy (non-hydrogen) atoms. The van der Waals surface area contributed by atoms with E-state index in [1.807, 2.05) is 30.3 Å². The highest BCUT2D eigenvalue weighted by Crippen LogP contribution is 2.54. The Morgan fingerprint density at radius 3 is 2.47 bits per heavy atom. The Morgan fingerprint density at radius 2 is 1.72 bits per heavy atom.